The molecule has 6 heterocycles. The summed E-state index contributed by atoms with van der Waals surface area (Å²) in [5.74, 6) is 0.0303. The molecule has 2 aliphatic carbocycles. The van der Waals surface area contributed by atoms with Crippen LogP contribution in [-0.4, -0.2) is 92.1 Å². The van der Waals surface area contributed by atoms with E-state index in [9.17, 15) is 13.6 Å². The summed E-state index contributed by atoms with van der Waals surface area (Å²) in [5.41, 5.74) is 2.04. The zero-order chi connectivity index (χ0) is 38.8. The highest BCUT2D eigenvalue weighted by Gasteiger charge is 2.37. The fraction of sp³-hybridized carbons (Fsp3) is 0.425. The van der Waals surface area contributed by atoms with Crippen LogP contribution in [0.5, 0.6) is 11.8 Å². The summed E-state index contributed by atoms with van der Waals surface area (Å²) >= 11 is 3.33. The van der Waals surface area contributed by atoms with E-state index in [2.05, 4.69) is 57.6 Å². The smallest absolute Gasteiger partial charge is 0.257 e. The number of nitrogens with one attached hydrogen (secondary N) is 2. The molecule has 0 unspecified atom stereocenters. The number of ketones is 1. The molecule has 17 heteroatoms. The Morgan fingerprint density at radius 2 is 1.07 bits per heavy atom. The lowest BCUT2D eigenvalue weighted by molar-refractivity contribution is -0.119. The molecule has 4 aromatic heterocycles. The Morgan fingerprint density at radius 1 is 0.632 bits per heavy atom. The van der Waals surface area contributed by atoms with Gasteiger partial charge < -0.3 is 29.9 Å². The van der Waals surface area contributed by atoms with Crippen molar-refractivity contribution in [2.24, 2.45) is 0 Å². The molecule has 2 N–H and O–H groups in total. The molecule has 0 spiro atoms. The zero-order valence-corrected chi connectivity index (χ0v) is 32.7. The van der Waals surface area contributed by atoms with Gasteiger partial charge in [0.25, 0.3) is 17.7 Å². The number of para-hydroxylation sites is 2. The first-order chi connectivity index (χ1) is 27.8. The number of halogens is 2. The van der Waals surface area contributed by atoms with Crippen LogP contribution in [0.2, 0.25) is 0 Å². The second-order valence-electron chi connectivity index (χ2n) is 14.8. The van der Waals surface area contributed by atoms with E-state index in [1.165, 1.54) is 9.40 Å². The third kappa shape index (κ3) is 8.83. The molecular weight excluding hydrogens is 771 g/mol. The highest BCUT2D eigenvalue weighted by Crippen LogP contribution is 2.37. The highest BCUT2D eigenvalue weighted by molar-refractivity contribution is 7.22. The third-order valence-electron chi connectivity index (χ3n) is 10.7. The van der Waals surface area contributed by atoms with Gasteiger partial charge in [-0.2, -0.15) is 0 Å². The van der Waals surface area contributed by atoms with Crippen molar-refractivity contribution in [3.63, 3.8) is 0 Å². The minimum Gasteiger partial charge on any atom is -0.472 e. The number of Topliss-reactive ketones (excluding diaryl/α,β-unsaturated/α-hetero) is 1. The first-order valence-electron chi connectivity index (χ1n) is 19.4. The molecule has 4 aliphatic rings. The Labute approximate surface area is 335 Å². The van der Waals surface area contributed by atoms with Gasteiger partial charge in [-0.15, -0.1) is 0 Å². The average Bonchev–Trinajstić information content (AvgIpc) is 3.81. The number of carbonyl (C=O) groups is 1. The number of piperidine rings is 2. The normalized spacial score (nSPS) is 22.9. The van der Waals surface area contributed by atoms with E-state index in [0.29, 0.717) is 61.4 Å². The van der Waals surface area contributed by atoms with Crippen LogP contribution in [0, 0.1) is 0 Å². The van der Waals surface area contributed by atoms with Crippen LogP contribution in [0.25, 0.3) is 20.4 Å². The summed E-state index contributed by atoms with van der Waals surface area (Å²) in [5, 5.41) is 8.86. The second kappa shape index (κ2) is 16.3. The van der Waals surface area contributed by atoms with Gasteiger partial charge in [-0.05, 0) is 24.3 Å². The number of alkyl halides is 2. The van der Waals surface area contributed by atoms with Crippen LogP contribution in [0.1, 0.15) is 51.4 Å². The van der Waals surface area contributed by atoms with E-state index in [0.717, 1.165) is 52.8 Å². The van der Waals surface area contributed by atoms with E-state index in [-0.39, 0.29) is 38.1 Å². The van der Waals surface area contributed by atoms with E-state index in [1.54, 1.807) is 47.5 Å². The molecule has 0 atom stereocenters. The predicted octanol–water partition coefficient (Wildman–Crippen LogP) is 7.62. The number of ether oxygens (including phenoxy) is 2. The van der Waals surface area contributed by atoms with Gasteiger partial charge in [0, 0.05) is 114 Å². The molecule has 0 bridgehead atoms. The lowest BCUT2D eigenvalue weighted by Gasteiger charge is -2.37. The molecule has 57 heavy (non-hydrogen) atoms. The predicted molar refractivity (Wildman–Crippen MR) is 218 cm³/mol. The molecular formula is C40H42F2N10O3S2. The highest BCUT2D eigenvalue weighted by atomic mass is 32.1. The molecule has 2 aromatic carbocycles. The van der Waals surface area contributed by atoms with Crippen molar-refractivity contribution in [1.29, 1.82) is 0 Å². The molecule has 10 rings (SSSR count). The standard InChI is InChI=1S/C20H21F2N5OS.C20H21N5O2S/c21-20(22)5-9-27(10-6-20)17-18(24-8-7-23-17)28-14-11-13(12-14)25-19-26-15-3-1-2-4-16(15)29-19;26-14-5-9-25(10-6-14)18-19(22-8-7-21-18)27-15-11-13(12-15)23-20-24-16-3-1-2-4-17(16)28-20/h1-4,7-8,13-14H,5-6,9-12H2,(H,25,26);1-4,7-8,13,15H,5-6,9-12H2,(H,23,24). The van der Waals surface area contributed by atoms with Gasteiger partial charge in [-0.25, -0.2) is 38.7 Å². The summed E-state index contributed by atoms with van der Waals surface area (Å²) in [6.07, 6.45) is 10.9. The lowest BCUT2D eigenvalue weighted by Crippen LogP contribution is -2.43. The molecule has 0 amide bonds. The number of hydrogen-bond acceptors (Lipinski definition) is 15. The lowest BCUT2D eigenvalue weighted by atomic mass is 9.89. The van der Waals surface area contributed by atoms with E-state index < -0.39 is 5.92 Å². The van der Waals surface area contributed by atoms with Gasteiger partial charge in [0.05, 0.1) is 20.4 Å². The maximum Gasteiger partial charge on any atom is 0.257 e. The minimum atomic E-state index is -2.59. The van der Waals surface area contributed by atoms with Crippen LogP contribution in [0.4, 0.5) is 30.7 Å². The van der Waals surface area contributed by atoms with Gasteiger partial charge in [-0.1, -0.05) is 46.9 Å². The van der Waals surface area contributed by atoms with E-state index in [1.807, 2.05) is 41.3 Å². The van der Waals surface area contributed by atoms with Crippen molar-refractivity contribution in [3.8, 4) is 11.8 Å². The fourth-order valence-electron chi connectivity index (χ4n) is 7.34. The molecule has 296 valence electrons. The number of aromatic nitrogens is 6. The summed E-state index contributed by atoms with van der Waals surface area (Å²) in [4.78, 5) is 42.2. The van der Waals surface area contributed by atoms with E-state index in [4.69, 9.17) is 9.47 Å². The van der Waals surface area contributed by atoms with Crippen molar-refractivity contribution < 1.29 is 23.0 Å². The minimum absolute atomic E-state index is 0.0311. The first-order valence-corrected chi connectivity index (χ1v) is 21.0. The molecule has 2 saturated heterocycles. The van der Waals surface area contributed by atoms with Crippen LogP contribution in [0.15, 0.2) is 73.3 Å². The number of hydrogen-bond donors (Lipinski definition) is 2. The molecule has 4 fully saturated rings. The van der Waals surface area contributed by atoms with Crippen molar-refractivity contribution in [2.75, 3.05) is 46.6 Å². The molecule has 6 aromatic rings. The van der Waals surface area contributed by atoms with Gasteiger partial charge >= 0.3 is 0 Å². The third-order valence-corrected chi connectivity index (χ3v) is 12.6. The molecule has 13 nitrogen and oxygen atoms in total. The van der Waals surface area contributed by atoms with Crippen LogP contribution >= 0.6 is 22.7 Å². The summed E-state index contributed by atoms with van der Waals surface area (Å²) in [6, 6.07) is 16.9. The Balaban J connectivity index is 0.000000148. The second-order valence-corrected chi connectivity index (χ2v) is 16.9. The number of carbonyl (C=O) groups excluding carboxylic acids is 1. The van der Waals surface area contributed by atoms with Gasteiger partial charge in [-0.3, -0.25) is 4.79 Å². The van der Waals surface area contributed by atoms with Crippen LogP contribution in [0.3, 0.4) is 0 Å². The summed E-state index contributed by atoms with van der Waals surface area (Å²) < 4.78 is 41.5. The van der Waals surface area contributed by atoms with Gasteiger partial charge in [0.15, 0.2) is 21.9 Å². The average molecular weight is 813 g/mol. The summed E-state index contributed by atoms with van der Waals surface area (Å²) in [7, 11) is 0. The Kier molecular flexibility index (Phi) is 10.7. The number of thiazole rings is 2. The maximum absolute atomic E-state index is 13.5. The number of fused-ring (bicyclic) bond motifs is 2. The number of nitrogens with zero attached hydrogens (tertiary/aromatic N) is 8. The topological polar surface area (TPSA) is 143 Å². The fourth-order valence-corrected chi connectivity index (χ4v) is 9.23. The molecule has 0 radical (unpaired) electrons. The van der Waals surface area contributed by atoms with Crippen molar-refractivity contribution in [3.05, 3.63) is 73.3 Å². The Bertz CT molecular complexity index is 2250. The number of anilines is 4. The summed E-state index contributed by atoms with van der Waals surface area (Å²) in [6.45, 7) is 1.88. The molecule has 2 saturated carbocycles. The zero-order valence-electron chi connectivity index (χ0n) is 31.1. The van der Waals surface area contributed by atoms with Gasteiger partial charge in [0.2, 0.25) is 0 Å². The number of rotatable bonds is 10. The molecule has 2 aliphatic heterocycles. The van der Waals surface area contributed by atoms with Crippen molar-refractivity contribution in [2.45, 2.75) is 81.6 Å². The number of benzene rings is 2. The Hall–Kier alpha value is -5.29. The van der Waals surface area contributed by atoms with Crippen LogP contribution < -0.4 is 29.9 Å². The largest absolute Gasteiger partial charge is 0.472 e. The van der Waals surface area contributed by atoms with Crippen molar-refractivity contribution in [1.82, 2.24) is 29.9 Å². The first kappa shape index (κ1) is 37.3. The Morgan fingerprint density at radius 3 is 1.54 bits per heavy atom. The SMILES string of the molecule is FC1(F)CCN(c2nccnc2OC2CC(Nc3nc4ccccc4s3)C2)CC1.O=C1CCN(c2nccnc2OC2CC(Nc3nc4ccccc4s3)C2)CC1. The van der Waals surface area contributed by atoms with Crippen LogP contribution in [-0.2, 0) is 4.79 Å². The van der Waals surface area contributed by atoms with E-state index >= 15 is 0 Å². The van der Waals surface area contributed by atoms with Gasteiger partial charge in [0.1, 0.15) is 18.0 Å². The maximum atomic E-state index is 13.5. The van der Waals surface area contributed by atoms with Crippen molar-refractivity contribution >= 4 is 70.8 Å². The monoisotopic (exact) mass is 812 g/mol. The quantitative estimate of drug-likeness (QED) is 0.140.